The van der Waals surface area contributed by atoms with Gasteiger partial charge < -0.3 is 19.7 Å². The Labute approximate surface area is 160 Å². The summed E-state index contributed by atoms with van der Waals surface area (Å²) in [6.07, 6.45) is -0.0694. The fraction of sp³-hybridized carbons (Fsp3) is 0.300. The number of aliphatic carboxylic acids is 2. The highest BCUT2D eigenvalue weighted by atomic mass is 32.3. The second-order valence-electron chi connectivity index (χ2n) is 5.93. The molecule has 2 aromatic carbocycles. The first-order chi connectivity index (χ1) is 12.9. The number of hydrogen-bond donors (Lipinski definition) is 2. The molecule has 0 saturated heterocycles. The van der Waals surface area contributed by atoms with Gasteiger partial charge in [0.1, 0.15) is 11.5 Å². The molecule has 0 radical (unpaired) electrons. The van der Waals surface area contributed by atoms with Gasteiger partial charge in [0.2, 0.25) is 0 Å². The Morgan fingerprint density at radius 2 is 1.07 bits per heavy atom. The normalized spacial score (nSPS) is 11.6. The topological polar surface area (TPSA) is 93.1 Å². The summed E-state index contributed by atoms with van der Waals surface area (Å²) in [7, 11) is 1.29. The zero-order valence-electron chi connectivity index (χ0n) is 15.4. The molecule has 0 aliphatic heterocycles. The molecule has 2 aromatic rings. The number of carboxylic acid groups (broad SMARTS) is 2. The molecule has 27 heavy (non-hydrogen) atoms. The van der Waals surface area contributed by atoms with Crippen LogP contribution in [0.3, 0.4) is 0 Å². The minimum atomic E-state index is -1.87. The first-order valence-corrected chi connectivity index (χ1v) is 10.4. The molecule has 0 bridgehead atoms. The standard InChI is InChI=1S/C20H24O6S/c1-25-15-3-7-17(8-4-15)27(13-11-19(21)22,14-12-20(23)24)18-9-5-16(26-2)6-10-18/h3-10H,11-14H2,1-2H3,(H,21,22)(H,23,24). The highest BCUT2D eigenvalue weighted by Gasteiger charge is 2.30. The molecule has 0 fully saturated rings. The zero-order chi connectivity index (χ0) is 19.9. The molecule has 2 N–H and O–H groups in total. The first kappa shape index (κ1) is 20.6. The molecule has 7 heteroatoms. The van der Waals surface area contributed by atoms with E-state index in [1.807, 2.05) is 48.5 Å². The number of hydrogen-bond acceptors (Lipinski definition) is 4. The summed E-state index contributed by atoms with van der Waals surface area (Å²) in [5, 5.41) is 18.5. The Morgan fingerprint density at radius 1 is 0.741 bits per heavy atom. The van der Waals surface area contributed by atoms with Crippen LogP contribution in [-0.4, -0.2) is 47.9 Å². The SMILES string of the molecule is COc1ccc(S(CCC(=O)O)(CCC(=O)O)c2ccc(OC)cc2)cc1. The van der Waals surface area contributed by atoms with Crippen LogP contribution in [0, 0.1) is 0 Å². The Hall–Kier alpha value is -2.67. The van der Waals surface area contributed by atoms with Gasteiger partial charge in [-0.2, -0.15) is 10.0 Å². The summed E-state index contributed by atoms with van der Waals surface area (Å²) in [5.74, 6) is 0.327. The van der Waals surface area contributed by atoms with Gasteiger partial charge in [-0.15, -0.1) is 0 Å². The molecule has 0 saturated carbocycles. The van der Waals surface area contributed by atoms with E-state index in [0.29, 0.717) is 23.0 Å². The highest BCUT2D eigenvalue weighted by molar-refractivity contribution is 8.33. The van der Waals surface area contributed by atoms with E-state index >= 15 is 0 Å². The maximum absolute atomic E-state index is 11.3. The lowest BCUT2D eigenvalue weighted by atomic mass is 10.3. The lowest BCUT2D eigenvalue weighted by molar-refractivity contribution is -0.137. The van der Waals surface area contributed by atoms with Crippen molar-refractivity contribution in [3.63, 3.8) is 0 Å². The van der Waals surface area contributed by atoms with Crippen molar-refractivity contribution in [2.24, 2.45) is 0 Å². The van der Waals surface area contributed by atoms with Crippen molar-refractivity contribution < 1.29 is 29.3 Å². The van der Waals surface area contributed by atoms with E-state index in [0.717, 1.165) is 9.79 Å². The molecule has 6 nitrogen and oxygen atoms in total. The third kappa shape index (κ3) is 5.17. The van der Waals surface area contributed by atoms with Gasteiger partial charge in [-0.05, 0) is 69.8 Å². The van der Waals surface area contributed by atoms with Crippen LogP contribution in [-0.2, 0) is 9.59 Å². The predicted octanol–water partition coefficient (Wildman–Crippen LogP) is 3.88. The van der Waals surface area contributed by atoms with Crippen LogP contribution in [0.2, 0.25) is 0 Å². The van der Waals surface area contributed by atoms with E-state index in [9.17, 15) is 19.8 Å². The van der Waals surface area contributed by atoms with Crippen molar-refractivity contribution in [1.29, 1.82) is 0 Å². The zero-order valence-corrected chi connectivity index (χ0v) is 16.2. The number of benzene rings is 2. The molecule has 0 atom stereocenters. The quantitative estimate of drug-likeness (QED) is 0.637. The van der Waals surface area contributed by atoms with Gasteiger partial charge >= 0.3 is 11.9 Å². The highest BCUT2D eigenvalue weighted by Crippen LogP contribution is 2.63. The Balaban J connectivity index is 2.57. The monoisotopic (exact) mass is 392 g/mol. The molecule has 0 aliphatic rings. The van der Waals surface area contributed by atoms with Crippen LogP contribution < -0.4 is 9.47 Å². The van der Waals surface area contributed by atoms with Gasteiger partial charge in [-0.3, -0.25) is 9.59 Å². The number of ether oxygens (including phenoxy) is 2. The van der Waals surface area contributed by atoms with E-state index in [1.54, 1.807) is 14.2 Å². The molecule has 0 spiro atoms. The lowest BCUT2D eigenvalue weighted by Gasteiger charge is -2.41. The average Bonchev–Trinajstić information content (AvgIpc) is 2.68. The van der Waals surface area contributed by atoms with Crippen LogP contribution in [0.5, 0.6) is 11.5 Å². The van der Waals surface area contributed by atoms with Crippen molar-refractivity contribution in [3.05, 3.63) is 48.5 Å². The Kier molecular flexibility index (Phi) is 7.12. The van der Waals surface area contributed by atoms with Crippen LogP contribution >= 0.6 is 10.0 Å². The minimum absolute atomic E-state index is 0.0347. The van der Waals surface area contributed by atoms with Gasteiger partial charge in [0, 0.05) is 0 Å². The van der Waals surface area contributed by atoms with Crippen molar-refractivity contribution in [3.8, 4) is 11.5 Å². The lowest BCUT2D eigenvalue weighted by Crippen LogP contribution is -2.16. The van der Waals surface area contributed by atoms with Crippen LogP contribution in [0.15, 0.2) is 58.3 Å². The summed E-state index contributed by atoms with van der Waals surface area (Å²) in [4.78, 5) is 24.5. The van der Waals surface area contributed by atoms with Crippen LogP contribution in [0.25, 0.3) is 0 Å². The largest absolute Gasteiger partial charge is 0.497 e. The fourth-order valence-corrected chi connectivity index (χ4v) is 6.68. The van der Waals surface area contributed by atoms with Crippen molar-refractivity contribution in [2.45, 2.75) is 22.6 Å². The van der Waals surface area contributed by atoms with Gasteiger partial charge in [-0.1, -0.05) is 0 Å². The number of methoxy groups -OCH3 is 2. The molecule has 0 amide bonds. The summed E-state index contributed by atoms with van der Waals surface area (Å²) >= 11 is 0. The number of carbonyl (C=O) groups is 2. The molecule has 0 heterocycles. The molecular weight excluding hydrogens is 368 g/mol. The third-order valence-corrected chi connectivity index (χ3v) is 8.50. The van der Waals surface area contributed by atoms with E-state index in [4.69, 9.17) is 9.47 Å². The Morgan fingerprint density at radius 3 is 1.33 bits per heavy atom. The molecular formula is C20H24O6S. The first-order valence-electron chi connectivity index (χ1n) is 8.42. The van der Waals surface area contributed by atoms with E-state index in [1.165, 1.54) is 0 Å². The van der Waals surface area contributed by atoms with Gasteiger partial charge in [0.15, 0.2) is 0 Å². The van der Waals surface area contributed by atoms with Crippen LogP contribution in [0.1, 0.15) is 12.8 Å². The molecule has 0 aliphatic carbocycles. The van der Waals surface area contributed by atoms with E-state index in [2.05, 4.69) is 0 Å². The Bertz CT molecular complexity index is 703. The predicted molar refractivity (Wildman–Crippen MR) is 104 cm³/mol. The molecule has 0 aromatic heterocycles. The summed E-state index contributed by atoms with van der Waals surface area (Å²) in [5.41, 5.74) is 0. The summed E-state index contributed by atoms with van der Waals surface area (Å²) < 4.78 is 10.4. The average molecular weight is 392 g/mol. The van der Waals surface area contributed by atoms with Gasteiger partial charge in [0.05, 0.1) is 27.1 Å². The van der Waals surface area contributed by atoms with Crippen molar-refractivity contribution in [1.82, 2.24) is 0 Å². The van der Waals surface area contributed by atoms with Crippen molar-refractivity contribution in [2.75, 3.05) is 25.7 Å². The minimum Gasteiger partial charge on any atom is -0.497 e. The second-order valence-corrected chi connectivity index (χ2v) is 9.46. The summed E-state index contributed by atoms with van der Waals surface area (Å²) in [6.45, 7) is 0. The maximum atomic E-state index is 11.3. The van der Waals surface area contributed by atoms with E-state index < -0.39 is 22.0 Å². The number of carboxylic acids is 2. The molecule has 146 valence electrons. The van der Waals surface area contributed by atoms with Gasteiger partial charge in [-0.25, -0.2) is 0 Å². The van der Waals surface area contributed by atoms with Crippen molar-refractivity contribution >= 4 is 22.0 Å². The third-order valence-electron chi connectivity index (χ3n) is 4.35. The van der Waals surface area contributed by atoms with Crippen LogP contribution in [0.4, 0.5) is 0 Å². The second kappa shape index (κ2) is 9.32. The molecule has 0 unspecified atom stereocenters. The van der Waals surface area contributed by atoms with Gasteiger partial charge in [0.25, 0.3) is 0 Å². The van der Waals surface area contributed by atoms with E-state index in [-0.39, 0.29) is 12.8 Å². The summed E-state index contributed by atoms with van der Waals surface area (Å²) in [6, 6.07) is 14.9. The molecule has 2 rings (SSSR count). The maximum Gasteiger partial charge on any atom is 0.304 e. The fourth-order valence-electron chi connectivity index (χ4n) is 2.91. The number of rotatable bonds is 10. The smallest absolute Gasteiger partial charge is 0.304 e.